The summed E-state index contributed by atoms with van der Waals surface area (Å²) in [6.07, 6.45) is 4.60. The molecule has 0 aliphatic carbocycles. The highest BCUT2D eigenvalue weighted by Crippen LogP contribution is 2.18. The van der Waals surface area contributed by atoms with E-state index in [1.165, 1.54) is 5.56 Å². The third kappa shape index (κ3) is 2.32. The van der Waals surface area contributed by atoms with Crippen molar-refractivity contribution < 1.29 is 9.47 Å². The summed E-state index contributed by atoms with van der Waals surface area (Å²) >= 11 is 0. The molecule has 0 fully saturated rings. The molecule has 0 saturated heterocycles. The van der Waals surface area contributed by atoms with E-state index in [2.05, 4.69) is 21.5 Å². The maximum atomic E-state index is 5.26. The van der Waals surface area contributed by atoms with Gasteiger partial charge >= 0.3 is 0 Å². The quantitative estimate of drug-likeness (QED) is 0.730. The third-order valence-electron chi connectivity index (χ3n) is 3.33. The zero-order chi connectivity index (χ0) is 13.9. The van der Waals surface area contributed by atoms with Crippen LogP contribution in [0.3, 0.4) is 0 Å². The summed E-state index contributed by atoms with van der Waals surface area (Å²) < 4.78 is 12.5. The third-order valence-corrected chi connectivity index (χ3v) is 3.33. The van der Waals surface area contributed by atoms with Crippen LogP contribution < -0.4 is 9.47 Å². The Morgan fingerprint density at radius 1 is 0.950 bits per heavy atom. The van der Waals surface area contributed by atoms with Gasteiger partial charge in [0.25, 0.3) is 0 Å². The van der Waals surface area contributed by atoms with Crippen LogP contribution in [0.4, 0.5) is 0 Å². The number of aromatic nitrogens is 2. The topological polar surface area (TPSA) is 35.8 Å². The van der Waals surface area contributed by atoms with Crippen LogP contribution in [0, 0.1) is 0 Å². The summed E-state index contributed by atoms with van der Waals surface area (Å²) in [5, 5.41) is 0. The Bertz CT molecular complexity index is 717. The summed E-state index contributed by atoms with van der Waals surface area (Å²) in [6, 6.07) is 12.0. The van der Waals surface area contributed by atoms with E-state index in [-0.39, 0.29) is 0 Å². The van der Waals surface area contributed by atoms with E-state index in [4.69, 9.17) is 9.47 Å². The Hall–Kier alpha value is -2.49. The number of hydrogen-bond donors (Lipinski definition) is 0. The molecule has 1 aromatic carbocycles. The van der Waals surface area contributed by atoms with Crippen molar-refractivity contribution in [3.05, 3.63) is 60.2 Å². The second kappa shape index (κ2) is 5.25. The van der Waals surface area contributed by atoms with Crippen molar-refractivity contribution in [2.24, 2.45) is 0 Å². The number of ether oxygens (including phenoxy) is 2. The summed E-state index contributed by atoms with van der Waals surface area (Å²) in [5.74, 6) is 2.68. The van der Waals surface area contributed by atoms with Gasteiger partial charge in [-0.3, -0.25) is 4.40 Å². The van der Waals surface area contributed by atoms with Gasteiger partial charge in [0.2, 0.25) is 0 Å². The smallest absolute Gasteiger partial charge is 0.135 e. The van der Waals surface area contributed by atoms with Crippen molar-refractivity contribution in [2.75, 3.05) is 14.2 Å². The number of fused-ring (bicyclic) bond motifs is 1. The van der Waals surface area contributed by atoms with E-state index in [1.807, 2.05) is 36.7 Å². The zero-order valence-corrected chi connectivity index (χ0v) is 11.5. The Morgan fingerprint density at radius 2 is 1.65 bits per heavy atom. The van der Waals surface area contributed by atoms with E-state index in [0.717, 1.165) is 29.3 Å². The lowest BCUT2D eigenvalue weighted by Crippen LogP contribution is -1.97. The second-order valence-corrected chi connectivity index (χ2v) is 4.56. The average molecular weight is 268 g/mol. The van der Waals surface area contributed by atoms with Crippen molar-refractivity contribution in [1.29, 1.82) is 0 Å². The fourth-order valence-corrected chi connectivity index (χ4v) is 2.20. The maximum absolute atomic E-state index is 5.26. The molecule has 0 saturated carbocycles. The monoisotopic (exact) mass is 268 g/mol. The van der Waals surface area contributed by atoms with Gasteiger partial charge < -0.3 is 9.47 Å². The molecule has 0 N–H and O–H groups in total. The van der Waals surface area contributed by atoms with Crippen LogP contribution in [0.1, 0.15) is 11.4 Å². The van der Waals surface area contributed by atoms with E-state index < -0.39 is 0 Å². The lowest BCUT2D eigenvalue weighted by Gasteiger charge is -2.05. The SMILES string of the molecule is COc1ccc(Cc2ncc3ccc(OC)cn23)cc1. The molecule has 0 spiro atoms. The Labute approximate surface area is 117 Å². The number of hydrogen-bond acceptors (Lipinski definition) is 3. The number of pyridine rings is 1. The minimum absolute atomic E-state index is 0.769. The average Bonchev–Trinajstić information content (AvgIpc) is 2.90. The van der Waals surface area contributed by atoms with Crippen LogP contribution >= 0.6 is 0 Å². The molecule has 0 bridgehead atoms. The van der Waals surface area contributed by atoms with Gasteiger partial charge in [0.1, 0.15) is 17.3 Å². The fourth-order valence-electron chi connectivity index (χ4n) is 2.20. The minimum atomic E-state index is 0.769. The first kappa shape index (κ1) is 12.5. The van der Waals surface area contributed by atoms with E-state index in [9.17, 15) is 0 Å². The number of rotatable bonds is 4. The Kier molecular flexibility index (Phi) is 3.29. The van der Waals surface area contributed by atoms with Gasteiger partial charge in [0, 0.05) is 6.42 Å². The molecule has 4 nitrogen and oxygen atoms in total. The van der Waals surface area contributed by atoms with Crippen LogP contribution in [0.25, 0.3) is 5.52 Å². The van der Waals surface area contributed by atoms with E-state index >= 15 is 0 Å². The van der Waals surface area contributed by atoms with E-state index in [0.29, 0.717) is 0 Å². The summed E-state index contributed by atoms with van der Waals surface area (Å²) in [5.41, 5.74) is 2.26. The number of imidazole rings is 1. The first-order valence-corrected chi connectivity index (χ1v) is 6.43. The normalized spacial score (nSPS) is 10.7. The molecule has 0 amide bonds. The number of methoxy groups -OCH3 is 2. The molecule has 4 heteroatoms. The van der Waals surface area contributed by atoms with Crippen LogP contribution in [0.2, 0.25) is 0 Å². The predicted molar refractivity (Wildman–Crippen MR) is 77.5 cm³/mol. The molecule has 0 aliphatic rings. The molecule has 3 aromatic rings. The number of benzene rings is 1. The fraction of sp³-hybridized carbons (Fsp3) is 0.188. The van der Waals surface area contributed by atoms with Gasteiger partial charge in [-0.25, -0.2) is 4.98 Å². The number of nitrogens with zero attached hydrogens (tertiary/aromatic N) is 2. The maximum Gasteiger partial charge on any atom is 0.135 e. The molecule has 0 atom stereocenters. The molecule has 0 unspecified atom stereocenters. The van der Waals surface area contributed by atoms with Gasteiger partial charge in [-0.1, -0.05) is 12.1 Å². The highest BCUT2D eigenvalue weighted by Gasteiger charge is 2.06. The zero-order valence-electron chi connectivity index (χ0n) is 11.5. The Balaban J connectivity index is 1.93. The minimum Gasteiger partial charge on any atom is -0.497 e. The summed E-state index contributed by atoms with van der Waals surface area (Å²) in [4.78, 5) is 4.48. The highest BCUT2D eigenvalue weighted by molar-refractivity contribution is 5.48. The van der Waals surface area contributed by atoms with Crippen molar-refractivity contribution >= 4 is 5.52 Å². The van der Waals surface area contributed by atoms with Crippen LogP contribution in [0.15, 0.2) is 48.8 Å². The molecule has 0 aliphatic heterocycles. The molecular formula is C16H16N2O2. The van der Waals surface area contributed by atoms with Crippen molar-refractivity contribution in [3.63, 3.8) is 0 Å². The first-order chi connectivity index (χ1) is 9.80. The lowest BCUT2D eigenvalue weighted by atomic mass is 10.1. The van der Waals surface area contributed by atoms with Gasteiger partial charge in [-0.15, -0.1) is 0 Å². The predicted octanol–water partition coefficient (Wildman–Crippen LogP) is 2.94. The summed E-state index contributed by atoms with van der Waals surface area (Å²) in [7, 11) is 3.34. The molecule has 2 aromatic heterocycles. The van der Waals surface area contributed by atoms with Crippen molar-refractivity contribution in [2.45, 2.75) is 6.42 Å². The van der Waals surface area contributed by atoms with E-state index in [1.54, 1.807) is 14.2 Å². The van der Waals surface area contributed by atoms with Crippen molar-refractivity contribution in [3.8, 4) is 11.5 Å². The van der Waals surface area contributed by atoms with Crippen LogP contribution in [0.5, 0.6) is 11.5 Å². The lowest BCUT2D eigenvalue weighted by molar-refractivity contribution is 0.412. The molecule has 102 valence electrons. The molecule has 2 heterocycles. The summed E-state index contributed by atoms with van der Waals surface area (Å²) in [6.45, 7) is 0. The molecule has 20 heavy (non-hydrogen) atoms. The highest BCUT2D eigenvalue weighted by atomic mass is 16.5. The van der Waals surface area contributed by atoms with Gasteiger partial charge in [0.05, 0.1) is 32.1 Å². The molecule has 0 radical (unpaired) electrons. The van der Waals surface area contributed by atoms with Crippen molar-refractivity contribution in [1.82, 2.24) is 9.38 Å². The largest absolute Gasteiger partial charge is 0.497 e. The Morgan fingerprint density at radius 3 is 2.35 bits per heavy atom. The first-order valence-electron chi connectivity index (χ1n) is 6.43. The molecular weight excluding hydrogens is 252 g/mol. The standard InChI is InChI=1S/C16H16N2O2/c1-19-14-6-3-12(4-7-14)9-16-17-10-13-5-8-15(20-2)11-18(13)16/h3-8,10-11H,9H2,1-2H3. The van der Waals surface area contributed by atoms with Gasteiger partial charge in [-0.2, -0.15) is 0 Å². The van der Waals surface area contributed by atoms with Crippen LogP contribution in [-0.2, 0) is 6.42 Å². The second-order valence-electron chi connectivity index (χ2n) is 4.56. The van der Waals surface area contributed by atoms with Gasteiger partial charge in [0.15, 0.2) is 0 Å². The molecule has 3 rings (SSSR count). The van der Waals surface area contributed by atoms with Crippen LogP contribution in [-0.4, -0.2) is 23.6 Å². The van der Waals surface area contributed by atoms with Gasteiger partial charge in [-0.05, 0) is 29.8 Å².